The van der Waals surface area contributed by atoms with Gasteiger partial charge in [0.05, 0.1) is 16.6 Å². The van der Waals surface area contributed by atoms with E-state index in [1.807, 2.05) is 0 Å². The molecule has 0 aliphatic rings. The van der Waals surface area contributed by atoms with Gasteiger partial charge in [0.15, 0.2) is 0 Å². The number of rotatable bonds is 5. The third-order valence-electron chi connectivity index (χ3n) is 13.9. The summed E-state index contributed by atoms with van der Waals surface area (Å²) in [6, 6.07) is 86.2. The highest BCUT2D eigenvalue weighted by molar-refractivity contribution is 6.22. The van der Waals surface area contributed by atoms with Crippen molar-refractivity contribution in [2.24, 2.45) is 0 Å². The largest absolute Gasteiger partial charge is 0.276 e. The lowest BCUT2D eigenvalue weighted by Gasteiger charge is -2.19. The van der Waals surface area contributed by atoms with E-state index in [9.17, 15) is 0 Å². The van der Waals surface area contributed by atoms with Crippen LogP contribution in [-0.4, -0.2) is 14.4 Å². The molecule has 0 fully saturated rings. The highest BCUT2D eigenvalue weighted by Crippen LogP contribution is 2.46. The van der Waals surface area contributed by atoms with E-state index in [1.54, 1.807) is 0 Å². The molecule has 0 saturated carbocycles. The minimum Gasteiger partial charge on any atom is -0.276 e. The van der Waals surface area contributed by atoms with Gasteiger partial charge in [-0.2, -0.15) is 0 Å². The molecule has 0 unspecified atom stereocenters. The number of hydrogen-bond acceptors (Lipinski definition) is 2. The average molecular weight is 850 g/mol. The summed E-state index contributed by atoms with van der Waals surface area (Å²) in [6.45, 7) is 0. The number of imidazole rings is 1. The average Bonchev–Trinajstić information content (AvgIpc) is 3.79. The van der Waals surface area contributed by atoms with Gasteiger partial charge in [0.2, 0.25) is 0 Å². The standard InChI is InChI=1S/C64H39N3/c1-4-14-45-35-48(28-23-40(45)11-1)50-32-34-56-59(39-50)66-63(67-60-20-10-9-19-58(60)65-64(56)67)44-26-21-43(22-27-44)49-31-33-55-57(38-49)62(52-30-25-42-13-3-6-16-47(42)37-52)54-18-8-7-17-53(54)61(55)51-29-24-41-12-2-5-15-46(41)36-51/h1-39H. The summed E-state index contributed by atoms with van der Waals surface area (Å²) in [5.41, 5.74) is 14.3. The van der Waals surface area contributed by atoms with Crippen LogP contribution in [0, 0.1) is 0 Å². The Morgan fingerprint density at radius 3 is 1.33 bits per heavy atom. The van der Waals surface area contributed by atoms with Crippen LogP contribution in [0.2, 0.25) is 0 Å². The Balaban J connectivity index is 0.950. The van der Waals surface area contributed by atoms with E-state index in [-0.39, 0.29) is 0 Å². The molecule has 2 heterocycles. The van der Waals surface area contributed by atoms with Gasteiger partial charge >= 0.3 is 0 Å². The molecule has 2 aromatic heterocycles. The Bertz CT molecular complexity index is 4330. The van der Waals surface area contributed by atoms with Crippen LogP contribution >= 0.6 is 0 Å². The van der Waals surface area contributed by atoms with Gasteiger partial charge in [0.25, 0.3) is 0 Å². The predicted octanol–water partition coefficient (Wildman–Crippen LogP) is 17.1. The van der Waals surface area contributed by atoms with E-state index in [0.717, 1.165) is 55.7 Å². The Morgan fingerprint density at radius 2 is 0.687 bits per heavy atom. The summed E-state index contributed by atoms with van der Waals surface area (Å²) in [7, 11) is 0. The summed E-state index contributed by atoms with van der Waals surface area (Å²) in [4.78, 5) is 10.7. The summed E-state index contributed by atoms with van der Waals surface area (Å²) in [5, 5.41) is 13.4. The van der Waals surface area contributed by atoms with Crippen LogP contribution < -0.4 is 0 Å². The van der Waals surface area contributed by atoms with E-state index in [0.29, 0.717) is 0 Å². The molecule has 0 aliphatic heterocycles. The van der Waals surface area contributed by atoms with Gasteiger partial charge in [0.1, 0.15) is 11.5 Å². The van der Waals surface area contributed by atoms with Crippen molar-refractivity contribution in [1.29, 1.82) is 0 Å². The predicted molar refractivity (Wildman–Crippen MR) is 283 cm³/mol. The second kappa shape index (κ2) is 14.8. The van der Waals surface area contributed by atoms with Crippen LogP contribution in [0.1, 0.15) is 0 Å². The molecule has 12 aromatic carbocycles. The highest BCUT2D eigenvalue weighted by atomic mass is 15.1. The van der Waals surface area contributed by atoms with Crippen molar-refractivity contribution in [3.63, 3.8) is 0 Å². The number of para-hydroxylation sites is 2. The molecule has 310 valence electrons. The van der Waals surface area contributed by atoms with Gasteiger partial charge in [-0.3, -0.25) is 4.40 Å². The van der Waals surface area contributed by atoms with Crippen LogP contribution in [0.25, 0.3) is 137 Å². The molecule has 3 heteroatoms. The second-order valence-electron chi connectivity index (χ2n) is 17.7. The van der Waals surface area contributed by atoms with Gasteiger partial charge < -0.3 is 0 Å². The molecule has 14 rings (SSSR count). The normalized spacial score (nSPS) is 11.9. The lowest BCUT2D eigenvalue weighted by Crippen LogP contribution is -1.98. The van der Waals surface area contributed by atoms with Crippen LogP contribution in [0.3, 0.4) is 0 Å². The van der Waals surface area contributed by atoms with E-state index >= 15 is 0 Å². The first kappa shape index (κ1) is 37.5. The quantitative estimate of drug-likeness (QED) is 0.162. The molecule has 14 aromatic rings. The summed E-state index contributed by atoms with van der Waals surface area (Å²) >= 11 is 0. The Hall–Kier alpha value is -8.92. The van der Waals surface area contributed by atoms with Gasteiger partial charge in [-0.25, -0.2) is 9.97 Å². The fourth-order valence-electron chi connectivity index (χ4n) is 10.6. The third-order valence-corrected chi connectivity index (χ3v) is 13.9. The van der Waals surface area contributed by atoms with Crippen molar-refractivity contribution in [2.75, 3.05) is 0 Å². The van der Waals surface area contributed by atoms with E-state index < -0.39 is 0 Å². The summed E-state index contributed by atoms with van der Waals surface area (Å²) < 4.78 is 2.23. The first-order valence-corrected chi connectivity index (χ1v) is 23.0. The van der Waals surface area contributed by atoms with Crippen molar-refractivity contribution in [1.82, 2.24) is 14.4 Å². The molecule has 0 spiro atoms. The zero-order chi connectivity index (χ0) is 44.0. The maximum Gasteiger partial charge on any atom is 0.149 e. The SMILES string of the molecule is c1ccc2cc(-c3ccc4c(c3)nc(-c3ccc(-c5ccc6c(-c7ccc8ccccc8c7)c7ccccc7c(-c7ccc8ccccc8c7)c6c5)cc3)n3c5ccccc5nc43)ccc2c1. The number of fused-ring (bicyclic) bond motifs is 10. The van der Waals surface area contributed by atoms with Gasteiger partial charge in [-0.1, -0.05) is 188 Å². The van der Waals surface area contributed by atoms with Crippen molar-refractivity contribution in [3.05, 3.63) is 237 Å². The van der Waals surface area contributed by atoms with Crippen molar-refractivity contribution >= 4 is 81.4 Å². The molecule has 0 saturated heterocycles. The molecular formula is C64H39N3. The van der Waals surface area contributed by atoms with Crippen molar-refractivity contribution < 1.29 is 0 Å². The molecule has 3 nitrogen and oxygen atoms in total. The molecular weight excluding hydrogens is 811 g/mol. The van der Waals surface area contributed by atoms with Crippen LogP contribution in [0.15, 0.2) is 237 Å². The zero-order valence-electron chi connectivity index (χ0n) is 36.4. The zero-order valence-corrected chi connectivity index (χ0v) is 36.4. The Labute approximate surface area is 386 Å². The molecule has 0 amide bonds. The molecule has 0 atom stereocenters. The third kappa shape index (κ3) is 6.06. The minimum absolute atomic E-state index is 0.863. The number of benzene rings is 12. The van der Waals surface area contributed by atoms with Crippen molar-refractivity contribution in [3.8, 4) is 55.9 Å². The molecule has 67 heavy (non-hydrogen) atoms. The fraction of sp³-hybridized carbons (Fsp3) is 0. The number of hydrogen-bond donors (Lipinski definition) is 0. The van der Waals surface area contributed by atoms with Gasteiger partial charge in [-0.05, 0) is 147 Å². The lowest BCUT2D eigenvalue weighted by molar-refractivity contribution is 1.16. The molecule has 0 aliphatic carbocycles. The highest BCUT2D eigenvalue weighted by Gasteiger charge is 2.20. The van der Waals surface area contributed by atoms with Crippen LogP contribution in [0.4, 0.5) is 0 Å². The van der Waals surface area contributed by atoms with Crippen LogP contribution in [0.5, 0.6) is 0 Å². The molecule has 0 radical (unpaired) electrons. The molecule has 0 bridgehead atoms. The first-order valence-electron chi connectivity index (χ1n) is 23.0. The minimum atomic E-state index is 0.863. The smallest absolute Gasteiger partial charge is 0.149 e. The first-order chi connectivity index (χ1) is 33.2. The molecule has 0 N–H and O–H groups in total. The Morgan fingerprint density at radius 1 is 0.254 bits per heavy atom. The number of nitrogens with zero attached hydrogens (tertiary/aromatic N) is 3. The maximum atomic E-state index is 5.46. The number of aromatic nitrogens is 3. The monoisotopic (exact) mass is 849 g/mol. The van der Waals surface area contributed by atoms with E-state index in [4.69, 9.17) is 9.97 Å². The van der Waals surface area contributed by atoms with Gasteiger partial charge in [-0.15, -0.1) is 0 Å². The van der Waals surface area contributed by atoms with Crippen LogP contribution in [-0.2, 0) is 0 Å². The fourth-order valence-corrected chi connectivity index (χ4v) is 10.6. The topological polar surface area (TPSA) is 30.2 Å². The second-order valence-corrected chi connectivity index (χ2v) is 17.7. The maximum absolute atomic E-state index is 5.46. The van der Waals surface area contributed by atoms with E-state index in [2.05, 4.69) is 241 Å². The lowest BCUT2D eigenvalue weighted by atomic mass is 9.84. The summed E-state index contributed by atoms with van der Waals surface area (Å²) in [5.74, 6) is 0.863. The van der Waals surface area contributed by atoms with E-state index in [1.165, 1.54) is 81.7 Å². The summed E-state index contributed by atoms with van der Waals surface area (Å²) in [6.07, 6.45) is 0. The van der Waals surface area contributed by atoms with Crippen molar-refractivity contribution in [2.45, 2.75) is 0 Å². The Kier molecular flexibility index (Phi) is 8.28. The van der Waals surface area contributed by atoms with Gasteiger partial charge in [0, 0.05) is 10.9 Å².